The van der Waals surface area contributed by atoms with Gasteiger partial charge in [0.05, 0.1) is 12.8 Å². The van der Waals surface area contributed by atoms with Crippen molar-refractivity contribution < 1.29 is 9.53 Å². The number of hydrogen-bond acceptors (Lipinski definition) is 4. The molecule has 0 spiro atoms. The van der Waals surface area contributed by atoms with E-state index in [4.69, 9.17) is 5.73 Å². The molecular formula is C8H11ClN2O2. The summed E-state index contributed by atoms with van der Waals surface area (Å²) in [6.45, 7) is 0. The normalized spacial score (nSPS) is 11.2. The van der Waals surface area contributed by atoms with Gasteiger partial charge in [0.2, 0.25) is 0 Å². The van der Waals surface area contributed by atoms with E-state index in [9.17, 15) is 4.79 Å². The second-order valence-corrected chi connectivity index (χ2v) is 2.26. The maximum atomic E-state index is 10.9. The molecule has 1 atom stereocenters. The zero-order valence-electron chi connectivity index (χ0n) is 7.14. The van der Waals surface area contributed by atoms with Crippen molar-refractivity contribution in [2.45, 2.75) is 6.04 Å². The maximum Gasteiger partial charge on any atom is 0.328 e. The van der Waals surface area contributed by atoms with E-state index in [1.807, 2.05) is 0 Å². The van der Waals surface area contributed by atoms with Gasteiger partial charge in [-0.2, -0.15) is 0 Å². The van der Waals surface area contributed by atoms with Gasteiger partial charge < -0.3 is 10.5 Å². The van der Waals surface area contributed by atoms with E-state index in [2.05, 4.69) is 9.72 Å². The average Bonchev–Trinajstić information content (AvgIpc) is 2.17. The molecule has 0 aliphatic rings. The van der Waals surface area contributed by atoms with Crippen molar-refractivity contribution in [2.75, 3.05) is 7.11 Å². The average molecular weight is 203 g/mol. The Hall–Kier alpha value is -1.13. The van der Waals surface area contributed by atoms with Crippen LogP contribution in [-0.4, -0.2) is 18.1 Å². The van der Waals surface area contributed by atoms with E-state index < -0.39 is 12.0 Å². The molecule has 2 N–H and O–H groups in total. The Morgan fingerprint density at radius 1 is 1.62 bits per heavy atom. The van der Waals surface area contributed by atoms with E-state index in [0.29, 0.717) is 5.69 Å². The van der Waals surface area contributed by atoms with Crippen molar-refractivity contribution >= 4 is 18.4 Å². The second kappa shape index (κ2) is 5.50. The molecule has 1 unspecified atom stereocenters. The van der Waals surface area contributed by atoms with E-state index >= 15 is 0 Å². The monoisotopic (exact) mass is 202 g/mol. The molecule has 1 aromatic heterocycles. The highest BCUT2D eigenvalue weighted by Gasteiger charge is 2.16. The minimum absolute atomic E-state index is 0. The Morgan fingerprint density at radius 2 is 2.31 bits per heavy atom. The minimum Gasteiger partial charge on any atom is -0.468 e. The molecule has 0 saturated carbocycles. The van der Waals surface area contributed by atoms with Crippen LogP contribution in [0.1, 0.15) is 11.7 Å². The first-order valence-corrected chi connectivity index (χ1v) is 3.50. The van der Waals surface area contributed by atoms with Gasteiger partial charge in [0.25, 0.3) is 0 Å². The van der Waals surface area contributed by atoms with Crippen molar-refractivity contribution in [2.24, 2.45) is 5.73 Å². The number of aromatic nitrogens is 1. The standard InChI is InChI=1S/C8H10N2O2.ClH/c1-12-8(11)7(9)6-4-2-3-5-10-6;/h2-5,7H,9H2,1H3;1H. The van der Waals surface area contributed by atoms with Gasteiger partial charge in [-0.15, -0.1) is 12.4 Å². The zero-order chi connectivity index (χ0) is 8.97. The van der Waals surface area contributed by atoms with Crippen LogP contribution in [0, 0.1) is 0 Å². The van der Waals surface area contributed by atoms with Gasteiger partial charge in [-0.1, -0.05) is 6.07 Å². The predicted molar refractivity (Wildman–Crippen MR) is 50.4 cm³/mol. The highest BCUT2D eigenvalue weighted by atomic mass is 35.5. The molecule has 0 bridgehead atoms. The van der Waals surface area contributed by atoms with Crippen LogP contribution in [0.5, 0.6) is 0 Å². The van der Waals surface area contributed by atoms with Crippen molar-refractivity contribution in [3.8, 4) is 0 Å². The third-order valence-corrected chi connectivity index (χ3v) is 1.46. The lowest BCUT2D eigenvalue weighted by Crippen LogP contribution is -2.23. The number of pyridine rings is 1. The van der Waals surface area contributed by atoms with Crippen LogP contribution in [0.15, 0.2) is 24.4 Å². The number of carbonyl (C=O) groups excluding carboxylic acids is 1. The van der Waals surface area contributed by atoms with Crippen LogP contribution in [0.2, 0.25) is 0 Å². The van der Waals surface area contributed by atoms with E-state index in [1.54, 1.807) is 24.4 Å². The first kappa shape index (κ1) is 11.9. The quantitative estimate of drug-likeness (QED) is 0.717. The zero-order valence-corrected chi connectivity index (χ0v) is 7.95. The molecule has 5 heteroatoms. The summed E-state index contributed by atoms with van der Waals surface area (Å²) >= 11 is 0. The number of nitrogens with zero attached hydrogens (tertiary/aromatic N) is 1. The smallest absolute Gasteiger partial charge is 0.328 e. The van der Waals surface area contributed by atoms with Crippen LogP contribution in [-0.2, 0) is 9.53 Å². The molecule has 0 saturated heterocycles. The first-order chi connectivity index (χ1) is 5.75. The van der Waals surface area contributed by atoms with Crippen molar-refractivity contribution in [1.82, 2.24) is 4.98 Å². The van der Waals surface area contributed by atoms with Crippen molar-refractivity contribution in [3.63, 3.8) is 0 Å². The first-order valence-electron chi connectivity index (χ1n) is 3.50. The number of methoxy groups -OCH3 is 1. The van der Waals surface area contributed by atoms with Gasteiger partial charge in [-0.3, -0.25) is 4.98 Å². The van der Waals surface area contributed by atoms with Crippen LogP contribution in [0.3, 0.4) is 0 Å². The van der Waals surface area contributed by atoms with E-state index in [1.165, 1.54) is 7.11 Å². The molecule has 0 aliphatic heterocycles. The Labute approximate surface area is 82.5 Å². The van der Waals surface area contributed by atoms with Crippen LogP contribution < -0.4 is 5.73 Å². The third-order valence-electron chi connectivity index (χ3n) is 1.46. The Kier molecular flexibility index (Phi) is 5.03. The summed E-state index contributed by atoms with van der Waals surface area (Å²) in [5.41, 5.74) is 6.03. The fraction of sp³-hybridized carbons (Fsp3) is 0.250. The Bertz CT molecular complexity index is 266. The van der Waals surface area contributed by atoms with Crippen LogP contribution in [0.25, 0.3) is 0 Å². The molecule has 0 fully saturated rings. The Morgan fingerprint density at radius 3 is 2.77 bits per heavy atom. The lowest BCUT2D eigenvalue weighted by molar-refractivity contribution is -0.142. The van der Waals surface area contributed by atoms with Gasteiger partial charge in [0, 0.05) is 6.20 Å². The number of carbonyl (C=O) groups is 1. The summed E-state index contributed by atoms with van der Waals surface area (Å²) < 4.78 is 4.46. The highest BCUT2D eigenvalue weighted by Crippen LogP contribution is 2.06. The van der Waals surface area contributed by atoms with Gasteiger partial charge in [0.1, 0.15) is 6.04 Å². The number of ether oxygens (including phenoxy) is 1. The molecule has 1 heterocycles. The minimum atomic E-state index is -0.781. The van der Waals surface area contributed by atoms with E-state index in [0.717, 1.165) is 0 Å². The summed E-state index contributed by atoms with van der Waals surface area (Å²) in [5.74, 6) is -0.478. The van der Waals surface area contributed by atoms with Crippen molar-refractivity contribution in [3.05, 3.63) is 30.1 Å². The lowest BCUT2D eigenvalue weighted by atomic mass is 10.2. The summed E-state index contributed by atoms with van der Waals surface area (Å²) in [4.78, 5) is 14.8. The van der Waals surface area contributed by atoms with E-state index in [-0.39, 0.29) is 12.4 Å². The number of rotatable bonds is 2. The van der Waals surface area contributed by atoms with Gasteiger partial charge in [0.15, 0.2) is 0 Å². The number of esters is 1. The number of nitrogens with two attached hydrogens (primary N) is 1. The topological polar surface area (TPSA) is 65.2 Å². The lowest BCUT2D eigenvalue weighted by Gasteiger charge is -2.06. The molecular weight excluding hydrogens is 192 g/mol. The number of hydrogen-bond donors (Lipinski definition) is 1. The summed E-state index contributed by atoms with van der Waals surface area (Å²) in [6, 6.07) is 4.43. The molecule has 0 amide bonds. The summed E-state index contributed by atoms with van der Waals surface area (Å²) in [5, 5.41) is 0. The molecule has 4 nitrogen and oxygen atoms in total. The highest BCUT2D eigenvalue weighted by molar-refractivity contribution is 5.85. The largest absolute Gasteiger partial charge is 0.468 e. The molecule has 1 aromatic rings. The Balaban J connectivity index is 0.00000144. The summed E-state index contributed by atoms with van der Waals surface area (Å²) in [6.07, 6.45) is 1.58. The second-order valence-electron chi connectivity index (χ2n) is 2.26. The third kappa shape index (κ3) is 3.01. The van der Waals surface area contributed by atoms with Gasteiger partial charge in [-0.25, -0.2) is 4.79 Å². The summed E-state index contributed by atoms with van der Waals surface area (Å²) in [7, 11) is 1.30. The molecule has 1 rings (SSSR count). The maximum absolute atomic E-state index is 10.9. The molecule has 13 heavy (non-hydrogen) atoms. The van der Waals surface area contributed by atoms with Crippen LogP contribution >= 0.6 is 12.4 Å². The van der Waals surface area contributed by atoms with Crippen molar-refractivity contribution in [1.29, 1.82) is 0 Å². The fourth-order valence-electron chi connectivity index (χ4n) is 0.808. The molecule has 72 valence electrons. The SMILES string of the molecule is COC(=O)C(N)c1ccccn1.Cl. The van der Waals surface area contributed by atoms with Crippen LogP contribution in [0.4, 0.5) is 0 Å². The molecule has 0 aliphatic carbocycles. The molecule has 0 radical (unpaired) electrons. The molecule has 0 aromatic carbocycles. The fourth-order valence-corrected chi connectivity index (χ4v) is 0.808. The van der Waals surface area contributed by atoms with Gasteiger partial charge in [-0.05, 0) is 12.1 Å². The van der Waals surface area contributed by atoms with Gasteiger partial charge >= 0.3 is 5.97 Å². The predicted octanol–water partition coefficient (Wildman–Crippen LogP) is 0.676. The number of halogens is 1.